The second-order valence-corrected chi connectivity index (χ2v) is 9.25. The summed E-state index contributed by atoms with van der Waals surface area (Å²) in [6, 6.07) is 5.30. The lowest BCUT2D eigenvalue weighted by molar-refractivity contribution is 0.187. The smallest absolute Gasteiger partial charge is 0.243 e. The zero-order valence-electron chi connectivity index (χ0n) is 15.8. The van der Waals surface area contributed by atoms with Crippen LogP contribution >= 0.6 is 11.6 Å². The number of benzene rings is 1. The van der Waals surface area contributed by atoms with Gasteiger partial charge in [0.05, 0.1) is 33.8 Å². The first-order chi connectivity index (χ1) is 13.9. The van der Waals surface area contributed by atoms with Gasteiger partial charge in [0, 0.05) is 38.9 Å². The Morgan fingerprint density at radius 2 is 2.17 bits per heavy atom. The van der Waals surface area contributed by atoms with E-state index in [1.165, 1.54) is 10.4 Å². The van der Waals surface area contributed by atoms with Gasteiger partial charge in [0.2, 0.25) is 10.0 Å². The van der Waals surface area contributed by atoms with Crippen molar-refractivity contribution in [3.8, 4) is 0 Å². The number of fused-ring (bicyclic) bond motifs is 1. The summed E-state index contributed by atoms with van der Waals surface area (Å²) >= 11 is 5.78. The number of imidazole rings is 1. The van der Waals surface area contributed by atoms with Crippen molar-refractivity contribution >= 4 is 32.7 Å². The topological polar surface area (TPSA) is 77.3 Å². The van der Waals surface area contributed by atoms with Gasteiger partial charge < -0.3 is 9.30 Å². The van der Waals surface area contributed by atoms with E-state index in [1.807, 2.05) is 10.6 Å². The standard InChI is InChI=1S/C19H20ClFN4O3S/c1-28-9-8-25-18-11-22-6-4-17(18)23-19(25)13-5-7-24(12-13)29(26,27)14-2-3-16(21)15(20)10-14/h2-4,6,10-11,13H,5,7-9,12H2,1H3. The monoisotopic (exact) mass is 438 g/mol. The molecule has 3 aromatic rings. The molecule has 154 valence electrons. The van der Waals surface area contributed by atoms with Crippen molar-refractivity contribution in [2.45, 2.75) is 23.8 Å². The Hall–Kier alpha value is -2.07. The lowest BCUT2D eigenvalue weighted by Crippen LogP contribution is -2.29. The van der Waals surface area contributed by atoms with E-state index in [0.717, 1.165) is 29.0 Å². The zero-order chi connectivity index (χ0) is 20.6. The molecule has 0 saturated carbocycles. The van der Waals surface area contributed by atoms with Crippen LogP contribution in [0.3, 0.4) is 0 Å². The van der Waals surface area contributed by atoms with E-state index in [2.05, 4.69) is 4.98 Å². The Labute approximate surface area is 173 Å². The molecule has 1 saturated heterocycles. The molecule has 3 heterocycles. The summed E-state index contributed by atoms with van der Waals surface area (Å²) in [7, 11) is -2.14. The number of aromatic nitrogens is 3. The van der Waals surface area contributed by atoms with Crippen molar-refractivity contribution in [1.82, 2.24) is 18.8 Å². The van der Waals surface area contributed by atoms with Gasteiger partial charge in [0.25, 0.3) is 0 Å². The van der Waals surface area contributed by atoms with Crippen LogP contribution in [0.1, 0.15) is 18.2 Å². The maximum Gasteiger partial charge on any atom is 0.243 e. The molecule has 1 atom stereocenters. The minimum atomic E-state index is -3.77. The molecule has 0 radical (unpaired) electrons. The number of methoxy groups -OCH3 is 1. The molecule has 1 aliphatic rings. The average molecular weight is 439 g/mol. The minimum Gasteiger partial charge on any atom is -0.383 e. The molecular formula is C19H20ClFN4O3S. The van der Waals surface area contributed by atoms with Crippen molar-refractivity contribution in [3.05, 3.63) is 53.3 Å². The molecule has 0 N–H and O–H groups in total. The third kappa shape index (κ3) is 3.75. The maximum atomic E-state index is 13.4. The molecule has 1 unspecified atom stereocenters. The van der Waals surface area contributed by atoms with Crippen LogP contribution in [-0.2, 0) is 21.3 Å². The van der Waals surface area contributed by atoms with E-state index in [4.69, 9.17) is 21.3 Å². The molecule has 7 nitrogen and oxygen atoms in total. The van der Waals surface area contributed by atoms with Crippen molar-refractivity contribution in [2.24, 2.45) is 0 Å². The van der Waals surface area contributed by atoms with Gasteiger partial charge in [-0.15, -0.1) is 0 Å². The second kappa shape index (κ2) is 7.98. The summed E-state index contributed by atoms with van der Waals surface area (Å²) in [6.45, 7) is 1.76. The number of nitrogens with zero attached hydrogens (tertiary/aromatic N) is 4. The lowest BCUT2D eigenvalue weighted by atomic mass is 10.1. The summed E-state index contributed by atoms with van der Waals surface area (Å²) in [5, 5.41) is -0.212. The van der Waals surface area contributed by atoms with Crippen molar-refractivity contribution in [1.29, 1.82) is 0 Å². The third-order valence-electron chi connectivity index (χ3n) is 5.14. The number of halogens is 2. The van der Waals surface area contributed by atoms with Gasteiger partial charge in [-0.3, -0.25) is 4.98 Å². The molecule has 0 aliphatic carbocycles. The van der Waals surface area contributed by atoms with Crippen LogP contribution in [0.2, 0.25) is 5.02 Å². The Bertz CT molecular complexity index is 1150. The summed E-state index contributed by atoms with van der Waals surface area (Å²) in [5.74, 6) is 0.107. The first-order valence-corrected chi connectivity index (χ1v) is 11.0. The molecule has 1 aromatic carbocycles. The maximum absolute atomic E-state index is 13.4. The fourth-order valence-corrected chi connectivity index (χ4v) is 5.43. The quantitative estimate of drug-likeness (QED) is 0.591. The van der Waals surface area contributed by atoms with E-state index < -0.39 is 15.8 Å². The van der Waals surface area contributed by atoms with Gasteiger partial charge in [-0.1, -0.05) is 11.6 Å². The predicted octanol–water partition coefficient (Wildman–Crippen LogP) is 3.05. The molecule has 1 aliphatic heterocycles. The predicted molar refractivity (Wildman–Crippen MR) is 107 cm³/mol. The summed E-state index contributed by atoms with van der Waals surface area (Å²) in [4.78, 5) is 8.91. The average Bonchev–Trinajstić information content (AvgIpc) is 3.33. The van der Waals surface area contributed by atoms with Crippen LogP contribution in [0.4, 0.5) is 4.39 Å². The molecule has 10 heteroatoms. The largest absolute Gasteiger partial charge is 0.383 e. The van der Waals surface area contributed by atoms with Crippen LogP contribution in [0, 0.1) is 5.82 Å². The lowest BCUT2D eigenvalue weighted by Gasteiger charge is -2.17. The van der Waals surface area contributed by atoms with E-state index in [0.29, 0.717) is 32.7 Å². The van der Waals surface area contributed by atoms with Crippen LogP contribution in [-0.4, -0.2) is 54.1 Å². The van der Waals surface area contributed by atoms with Crippen LogP contribution < -0.4 is 0 Å². The van der Waals surface area contributed by atoms with Gasteiger partial charge in [0.15, 0.2) is 0 Å². The summed E-state index contributed by atoms with van der Waals surface area (Å²) < 4.78 is 48.1. The highest BCUT2D eigenvalue weighted by atomic mass is 35.5. The molecule has 0 bridgehead atoms. The first kappa shape index (κ1) is 20.2. The third-order valence-corrected chi connectivity index (χ3v) is 7.29. The van der Waals surface area contributed by atoms with Crippen molar-refractivity contribution < 1.29 is 17.5 Å². The number of sulfonamides is 1. The molecule has 4 rings (SSSR count). The molecule has 2 aromatic heterocycles. The fraction of sp³-hybridized carbons (Fsp3) is 0.368. The minimum absolute atomic E-state index is 0.0124. The zero-order valence-corrected chi connectivity index (χ0v) is 17.3. The van der Waals surface area contributed by atoms with E-state index in [9.17, 15) is 12.8 Å². The van der Waals surface area contributed by atoms with Gasteiger partial charge in [-0.2, -0.15) is 4.31 Å². The van der Waals surface area contributed by atoms with E-state index >= 15 is 0 Å². The number of hydrogen-bond acceptors (Lipinski definition) is 5. The van der Waals surface area contributed by atoms with Gasteiger partial charge in [-0.05, 0) is 30.7 Å². The molecule has 29 heavy (non-hydrogen) atoms. The van der Waals surface area contributed by atoms with Crippen molar-refractivity contribution in [2.75, 3.05) is 26.8 Å². The number of rotatable bonds is 6. The van der Waals surface area contributed by atoms with Crippen LogP contribution in [0.25, 0.3) is 11.0 Å². The fourth-order valence-electron chi connectivity index (χ4n) is 3.66. The Balaban J connectivity index is 1.63. The summed E-state index contributed by atoms with van der Waals surface area (Å²) in [6.07, 6.45) is 4.08. The highest BCUT2D eigenvalue weighted by Gasteiger charge is 2.35. The Morgan fingerprint density at radius 3 is 2.93 bits per heavy atom. The van der Waals surface area contributed by atoms with E-state index in [-0.39, 0.29) is 15.8 Å². The molecular weight excluding hydrogens is 419 g/mol. The van der Waals surface area contributed by atoms with Crippen molar-refractivity contribution in [3.63, 3.8) is 0 Å². The van der Waals surface area contributed by atoms with E-state index in [1.54, 1.807) is 19.5 Å². The molecule has 1 fully saturated rings. The van der Waals surface area contributed by atoms with Gasteiger partial charge >= 0.3 is 0 Å². The first-order valence-electron chi connectivity index (χ1n) is 9.16. The Morgan fingerprint density at radius 1 is 1.34 bits per heavy atom. The number of hydrogen-bond donors (Lipinski definition) is 0. The number of pyridine rings is 1. The van der Waals surface area contributed by atoms with Crippen LogP contribution in [0.15, 0.2) is 41.6 Å². The Kier molecular flexibility index (Phi) is 5.56. The normalized spacial score (nSPS) is 18.0. The van der Waals surface area contributed by atoms with Gasteiger partial charge in [0.1, 0.15) is 11.6 Å². The number of ether oxygens (including phenoxy) is 1. The highest BCUT2D eigenvalue weighted by Crippen LogP contribution is 2.33. The van der Waals surface area contributed by atoms with Gasteiger partial charge in [-0.25, -0.2) is 17.8 Å². The van der Waals surface area contributed by atoms with Crippen LogP contribution in [0.5, 0.6) is 0 Å². The summed E-state index contributed by atoms with van der Waals surface area (Å²) in [5.41, 5.74) is 1.71. The second-order valence-electron chi connectivity index (χ2n) is 6.90. The molecule has 0 amide bonds. The molecule has 0 spiro atoms. The SMILES string of the molecule is COCCn1c(C2CCN(S(=O)(=O)c3ccc(F)c(Cl)c3)C2)nc2ccncc21. The highest BCUT2D eigenvalue weighted by molar-refractivity contribution is 7.89.